The summed E-state index contributed by atoms with van der Waals surface area (Å²) in [6.45, 7) is 2.94. The van der Waals surface area contributed by atoms with Crippen molar-refractivity contribution in [3.63, 3.8) is 0 Å². The normalized spacial score (nSPS) is 12.4. The lowest BCUT2D eigenvalue weighted by molar-refractivity contribution is 0.563. The van der Waals surface area contributed by atoms with Crippen molar-refractivity contribution < 1.29 is 4.42 Å². The van der Waals surface area contributed by atoms with Crippen molar-refractivity contribution >= 4 is 21.6 Å². The summed E-state index contributed by atoms with van der Waals surface area (Å²) in [7, 11) is 2.07. The molecular formula is C16H21BrN2O. The third-order valence-electron chi connectivity index (χ3n) is 3.45. The highest BCUT2D eigenvalue weighted by atomic mass is 79.9. The van der Waals surface area contributed by atoms with Crippen molar-refractivity contribution in [2.45, 2.75) is 32.4 Å². The fourth-order valence-electron chi connectivity index (χ4n) is 2.18. The van der Waals surface area contributed by atoms with Crippen LogP contribution < -0.4 is 10.6 Å². The predicted octanol–water partition coefficient (Wildman–Crippen LogP) is 3.96. The Labute approximate surface area is 128 Å². The van der Waals surface area contributed by atoms with Gasteiger partial charge in [-0.15, -0.1) is 0 Å². The van der Waals surface area contributed by atoms with Crippen molar-refractivity contribution in [1.29, 1.82) is 0 Å². The standard InChI is InChI=1S/C16H21BrN2O/c1-3-14(18)8-12-4-5-16(15(17)9-12)19(2)10-13-6-7-20-11-13/h4-7,9,11,14H,3,8,10,18H2,1-2H3. The Morgan fingerprint density at radius 2 is 2.10 bits per heavy atom. The van der Waals surface area contributed by atoms with E-state index in [9.17, 15) is 0 Å². The lowest BCUT2D eigenvalue weighted by Crippen LogP contribution is -2.21. The highest BCUT2D eigenvalue weighted by molar-refractivity contribution is 9.10. The number of rotatable bonds is 6. The van der Waals surface area contributed by atoms with Crippen molar-refractivity contribution in [1.82, 2.24) is 0 Å². The molecule has 1 atom stereocenters. The Hall–Kier alpha value is -1.26. The maximum Gasteiger partial charge on any atom is 0.0952 e. The maximum atomic E-state index is 6.01. The first-order valence-electron chi connectivity index (χ1n) is 6.86. The summed E-state index contributed by atoms with van der Waals surface area (Å²) in [5.41, 5.74) is 9.61. The molecule has 0 saturated heterocycles. The van der Waals surface area contributed by atoms with Crippen LogP contribution in [0.2, 0.25) is 0 Å². The van der Waals surface area contributed by atoms with E-state index >= 15 is 0 Å². The molecule has 20 heavy (non-hydrogen) atoms. The van der Waals surface area contributed by atoms with Gasteiger partial charge in [-0.1, -0.05) is 13.0 Å². The minimum Gasteiger partial charge on any atom is -0.472 e. The number of nitrogens with two attached hydrogens (primary N) is 1. The molecule has 0 bridgehead atoms. The summed E-state index contributed by atoms with van der Waals surface area (Å²) in [4.78, 5) is 2.19. The van der Waals surface area contributed by atoms with E-state index in [-0.39, 0.29) is 6.04 Å². The molecule has 0 radical (unpaired) electrons. The second-order valence-corrected chi connectivity index (χ2v) is 6.00. The second-order valence-electron chi connectivity index (χ2n) is 5.15. The van der Waals surface area contributed by atoms with Crippen LogP contribution in [0.15, 0.2) is 45.7 Å². The fraction of sp³-hybridized carbons (Fsp3) is 0.375. The zero-order chi connectivity index (χ0) is 14.5. The molecule has 0 aliphatic heterocycles. The van der Waals surface area contributed by atoms with Crippen LogP contribution in [0, 0.1) is 0 Å². The number of halogens is 1. The Kier molecular flexibility index (Phi) is 5.26. The van der Waals surface area contributed by atoms with Crippen LogP contribution in [0.5, 0.6) is 0 Å². The molecule has 1 unspecified atom stereocenters. The maximum absolute atomic E-state index is 6.01. The molecule has 0 saturated carbocycles. The molecule has 0 fully saturated rings. The van der Waals surface area contributed by atoms with Crippen molar-refractivity contribution in [2.75, 3.05) is 11.9 Å². The molecule has 1 heterocycles. The van der Waals surface area contributed by atoms with Crippen molar-refractivity contribution in [2.24, 2.45) is 5.73 Å². The van der Waals surface area contributed by atoms with Crippen LogP contribution in [0.3, 0.4) is 0 Å². The Bertz CT molecular complexity index is 539. The Morgan fingerprint density at radius 3 is 2.70 bits per heavy atom. The molecule has 0 spiro atoms. The summed E-state index contributed by atoms with van der Waals surface area (Å²) in [6, 6.07) is 8.68. The van der Waals surface area contributed by atoms with Gasteiger partial charge in [-0.2, -0.15) is 0 Å². The van der Waals surface area contributed by atoms with E-state index in [0.717, 1.165) is 29.4 Å². The Morgan fingerprint density at radius 1 is 1.30 bits per heavy atom. The number of hydrogen-bond donors (Lipinski definition) is 1. The first-order valence-corrected chi connectivity index (χ1v) is 7.65. The van der Waals surface area contributed by atoms with Gasteiger partial charge in [0.15, 0.2) is 0 Å². The summed E-state index contributed by atoms with van der Waals surface area (Å²) in [5, 5.41) is 0. The van der Waals surface area contributed by atoms with E-state index in [1.165, 1.54) is 11.3 Å². The van der Waals surface area contributed by atoms with Gasteiger partial charge >= 0.3 is 0 Å². The van der Waals surface area contributed by atoms with Crippen LogP contribution in [-0.2, 0) is 13.0 Å². The number of nitrogens with zero attached hydrogens (tertiary/aromatic N) is 1. The van der Waals surface area contributed by atoms with Gasteiger partial charge in [-0.05, 0) is 52.5 Å². The fourth-order valence-corrected chi connectivity index (χ4v) is 2.90. The van der Waals surface area contributed by atoms with Crippen LogP contribution >= 0.6 is 15.9 Å². The van der Waals surface area contributed by atoms with Gasteiger partial charge < -0.3 is 15.1 Å². The third-order valence-corrected chi connectivity index (χ3v) is 4.08. The van der Waals surface area contributed by atoms with Gasteiger partial charge in [0.1, 0.15) is 0 Å². The topological polar surface area (TPSA) is 42.4 Å². The number of anilines is 1. The summed E-state index contributed by atoms with van der Waals surface area (Å²) in [5.74, 6) is 0. The summed E-state index contributed by atoms with van der Waals surface area (Å²) < 4.78 is 6.21. The molecule has 0 aliphatic rings. The summed E-state index contributed by atoms with van der Waals surface area (Å²) >= 11 is 3.66. The lowest BCUT2D eigenvalue weighted by Gasteiger charge is -2.21. The first kappa shape index (κ1) is 15.1. The quantitative estimate of drug-likeness (QED) is 0.868. The van der Waals surface area contributed by atoms with E-state index in [1.807, 2.05) is 6.07 Å². The molecule has 1 aromatic carbocycles. The lowest BCUT2D eigenvalue weighted by atomic mass is 10.0. The molecule has 0 amide bonds. The minimum absolute atomic E-state index is 0.233. The van der Waals surface area contributed by atoms with Gasteiger partial charge in [-0.25, -0.2) is 0 Å². The average molecular weight is 337 g/mol. The molecule has 3 nitrogen and oxygen atoms in total. The van der Waals surface area contributed by atoms with E-state index in [0.29, 0.717) is 0 Å². The molecule has 2 N–H and O–H groups in total. The first-order chi connectivity index (χ1) is 9.60. The number of benzene rings is 1. The van der Waals surface area contributed by atoms with Crippen molar-refractivity contribution in [3.05, 3.63) is 52.4 Å². The van der Waals surface area contributed by atoms with E-state index in [1.54, 1.807) is 12.5 Å². The van der Waals surface area contributed by atoms with Crippen LogP contribution in [0.4, 0.5) is 5.69 Å². The Balaban J connectivity index is 2.08. The molecule has 4 heteroatoms. The van der Waals surface area contributed by atoms with Crippen LogP contribution in [0.25, 0.3) is 0 Å². The minimum atomic E-state index is 0.233. The zero-order valence-electron chi connectivity index (χ0n) is 12.0. The molecule has 2 aromatic rings. The monoisotopic (exact) mass is 336 g/mol. The van der Waals surface area contributed by atoms with E-state index in [2.05, 4.69) is 53.0 Å². The van der Waals surface area contributed by atoms with Crippen molar-refractivity contribution in [3.8, 4) is 0 Å². The average Bonchev–Trinajstić information content (AvgIpc) is 2.91. The van der Waals surface area contributed by atoms with Gasteiger partial charge in [0, 0.05) is 29.7 Å². The van der Waals surface area contributed by atoms with Crippen LogP contribution in [0.1, 0.15) is 24.5 Å². The third kappa shape index (κ3) is 3.87. The van der Waals surface area contributed by atoms with Gasteiger partial charge in [0.05, 0.1) is 18.2 Å². The highest BCUT2D eigenvalue weighted by Gasteiger charge is 2.09. The number of furan rings is 1. The number of hydrogen-bond acceptors (Lipinski definition) is 3. The van der Waals surface area contributed by atoms with Crippen LogP contribution in [-0.4, -0.2) is 13.1 Å². The summed E-state index contributed by atoms with van der Waals surface area (Å²) in [6.07, 6.45) is 5.40. The molecular weight excluding hydrogens is 316 g/mol. The van der Waals surface area contributed by atoms with Gasteiger partial charge in [0.25, 0.3) is 0 Å². The van der Waals surface area contributed by atoms with E-state index < -0.39 is 0 Å². The second kappa shape index (κ2) is 6.95. The highest BCUT2D eigenvalue weighted by Crippen LogP contribution is 2.28. The smallest absolute Gasteiger partial charge is 0.0952 e. The molecule has 108 valence electrons. The van der Waals surface area contributed by atoms with Gasteiger partial charge in [0.2, 0.25) is 0 Å². The largest absolute Gasteiger partial charge is 0.472 e. The van der Waals surface area contributed by atoms with Gasteiger partial charge in [-0.3, -0.25) is 0 Å². The molecule has 1 aromatic heterocycles. The SMILES string of the molecule is CCC(N)Cc1ccc(N(C)Cc2ccoc2)c(Br)c1. The molecule has 0 aliphatic carbocycles. The molecule has 2 rings (SSSR count). The zero-order valence-corrected chi connectivity index (χ0v) is 13.6. The van der Waals surface area contributed by atoms with E-state index in [4.69, 9.17) is 10.2 Å². The predicted molar refractivity (Wildman–Crippen MR) is 86.9 cm³/mol.